The zero-order chi connectivity index (χ0) is 34.1. The lowest BCUT2D eigenvalue weighted by Gasteiger charge is -2.32. The van der Waals surface area contributed by atoms with Crippen molar-refractivity contribution in [1.29, 1.82) is 5.53 Å². The number of imide groups is 1. The summed E-state index contributed by atoms with van der Waals surface area (Å²) >= 11 is 0. The minimum absolute atomic E-state index is 0.107. The zero-order valence-corrected chi connectivity index (χ0v) is 25.6. The average Bonchev–Trinajstić information content (AvgIpc) is 3.23. The molecule has 0 saturated carbocycles. The average molecular weight is 643 g/mol. The molecule has 244 valence electrons. The lowest BCUT2D eigenvalue weighted by Crippen LogP contribution is -2.44. The fraction of sp³-hybridized carbons (Fsp3) is 0.273. The molecule has 0 spiro atoms. The van der Waals surface area contributed by atoms with Crippen molar-refractivity contribution in [3.8, 4) is 0 Å². The van der Waals surface area contributed by atoms with Crippen LogP contribution in [0.5, 0.6) is 0 Å². The number of aliphatic carboxylic acids is 1. The second-order valence-electron chi connectivity index (χ2n) is 11.0. The molecule has 4 amide bonds. The molecular weight excluding hydrogens is 608 g/mol. The number of nitrogens with one attached hydrogen (secondary N) is 1. The van der Waals surface area contributed by atoms with Gasteiger partial charge in [-0.25, -0.2) is 19.9 Å². The fourth-order valence-electron chi connectivity index (χ4n) is 5.19. The Kier molecular flexibility index (Phi) is 10.9. The molecule has 1 saturated heterocycles. The molecule has 47 heavy (non-hydrogen) atoms. The first-order chi connectivity index (χ1) is 22.4. The topological polar surface area (TPSA) is 204 Å². The number of esters is 2. The van der Waals surface area contributed by atoms with E-state index in [0.29, 0.717) is 5.56 Å². The quantitative estimate of drug-likeness (QED) is 0.102. The first kappa shape index (κ1) is 34.1. The smallest absolute Gasteiger partial charge is 0.333 e. The van der Waals surface area contributed by atoms with Crippen molar-refractivity contribution in [2.75, 3.05) is 18.0 Å². The Morgan fingerprint density at radius 3 is 2.17 bits per heavy atom. The van der Waals surface area contributed by atoms with Crippen molar-refractivity contribution in [1.82, 2.24) is 9.80 Å². The lowest BCUT2D eigenvalue weighted by molar-refractivity contribution is -0.161. The number of carboxylic acids is 1. The molecule has 0 bridgehead atoms. The van der Waals surface area contributed by atoms with E-state index in [4.69, 9.17) is 21.1 Å². The van der Waals surface area contributed by atoms with Crippen LogP contribution in [0.25, 0.3) is 0 Å². The number of carbonyl (C=O) groups is 6. The SMILES string of the molecule is C[C@@]1(c2ccc(CN=N)cc2)C(=O)N(CCC(=O)N(CC(=O)OC(=O)[C@@H](N)CC(=O)O)c2ccccc2)C(=O)N1Cc1ccccc1. The predicted molar refractivity (Wildman–Crippen MR) is 166 cm³/mol. The van der Waals surface area contributed by atoms with Crippen molar-refractivity contribution < 1.29 is 38.6 Å². The Labute approximate surface area is 270 Å². The largest absolute Gasteiger partial charge is 0.481 e. The van der Waals surface area contributed by atoms with Gasteiger partial charge in [0.15, 0.2) is 0 Å². The first-order valence-corrected chi connectivity index (χ1v) is 14.6. The van der Waals surface area contributed by atoms with Gasteiger partial charge in [0, 0.05) is 25.2 Å². The van der Waals surface area contributed by atoms with Crippen molar-refractivity contribution in [3.05, 3.63) is 102 Å². The molecule has 0 unspecified atom stereocenters. The Bertz CT molecular complexity index is 1650. The second-order valence-corrected chi connectivity index (χ2v) is 11.0. The Morgan fingerprint density at radius 2 is 1.57 bits per heavy atom. The highest BCUT2D eigenvalue weighted by atomic mass is 16.6. The second kappa shape index (κ2) is 15.0. The highest BCUT2D eigenvalue weighted by Crippen LogP contribution is 2.39. The third-order valence-electron chi connectivity index (χ3n) is 7.74. The minimum atomic E-state index is -1.58. The van der Waals surface area contributed by atoms with Gasteiger partial charge in [-0.05, 0) is 35.7 Å². The molecule has 1 fully saturated rings. The number of para-hydroxylation sites is 1. The van der Waals surface area contributed by atoms with Gasteiger partial charge in [0.2, 0.25) is 5.91 Å². The molecule has 0 aliphatic carbocycles. The number of rotatable bonds is 14. The highest BCUT2D eigenvalue weighted by Gasteiger charge is 2.55. The van der Waals surface area contributed by atoms with Crippen LogP contribution < -0.4 is 10.6 Å². The molecule has 3 aromatic carbocycles. The van der Waals surface area contributed by atoms with Crippen molar-refractivity contribution in [2.45, 2.75) is 44.4 Å². The van der Waals surface area contributed by atoms with Gasteiger partial charge in [0.1, 0.15) is 18.1 Å². The molecule has 0 aromatic heterocycles. The molecule has 0 radical (unpaired) electrons. The normalized spacial score (nSPS) is 16.5. The number of anilines is 1. The molecular formula is C33H34N6O8. The molecule has 14 heteroatoms. The maximum atomic E-state index is 14.1. The standard InChI is InChI=1S/C33H34N6O8/c1-33(24-14-12-22(13-15-24)19-36-35)31(45)37(32(46)39(33)20-23-8-4-2-5-9-23)17-16-27(40)38(25-10-6-3-7-11-25)21-29(43)47-30(44)26(34)18-28(41)42/h2-15,26,35H,16-21,34H2,1H3,(H,41,42)/t26-,33+/m0/s1. The van der Waals surface area contributed by atoms with Crippen LogP contribution in [-0.4, -0.2) is 69.8 Å². The highest BCUT2D eigenvalue weighted by molar-refractivity contribution is 6.08. The molecule has 4 N–H and O–H groups in total. The first-order valence-electron chi connectivity index (χ1n) is 14.6. The number of urea groups is 1. The van der Waals surface area contributed by atoms with Crippen LogP contribution in [0, 0.1) is 5.53 Å². The summed E-state index contributed by atoms with van der Waals surface area (Å²) in [5, 5.41) is 12.2. The van der Waals surface area contributed by atoms with Crippen LogP contribution in [0.3, 0.4) is 0 Å². The van der Waals surface area contributed by atoms with E-state index >= 15 is 0 Å². The lowest BCUT2D eigenvalue weighted by atomic mass is 9.89. The summed E-state index contributed by atoms with van der Waals surface area (Å²) in [6.45, 7) is 0.885. The molecule has 3 aromatic rings. The van der Waals surface area contributed by atoms with Gasteiger partial charge in [-0.3, -0.25) is 19.3 Å². The monoisotopic (exact) mass is 642 g/mol. The van der Waals surface area contributed by atoms with Gasteiger partial charge in [-0.1, -0.05) is 72.8 Å². The van der Waals surface area contributed by atoms with Gasteiger partial charge < -0.3 is 25.4 Å². The Morgan fingerprint density at radius 1 is 0.957 bits per heavy atom. The summed E-state index contributed by atoms with van der Waals surface area (Å²) in [4.78, 5) is 80.6. The number of ether oxygens (including phenoxy) is 1. The number of hydrogen-bond acceptors (Lipinski definition) is 10. The van der Waals surface area contributed by atoms with E-state index in [1.54, 1.807) is 61.5 Å². The van der Waals surface area contributed by atoms with Gasteiger partial charge >= 0.3 is 23.9 Å². The summed E-state index contributed by atoms with van der Waals surface area (Å²) in [7, 11) is 0. The fourth-order valence-corrected chi connectivity index (χ4v) is 5.19. The number of amides is 4. The van der Waals surface area contributed by atoms with Crippen molar-refractivity contribution >= 4 is 41.4 Å². The van der Waals surface area contributed by atoms with Crippen LogP contribution in [0.4, 0.5) is 10.5 Å². The number of nitrogens with two attached hydrogens (primary N) is 1. The number of nitrogens with zero attached hydrogens (tertiary/aromatic N) is 4. The number of carbonyl (C=O) groups excluding carboxylic acids is 5. The van der Waals surface area contributed by atoms with Crippen LogP contribution >= 0.6 is 0 Å². The number of benzene rings is 3. The van der Waals surface area contributed by atoms with Crippen LogP contribution in [0.2, 0.25) is 0 Å². The van der Waals surface area contributed by atoms with E-state index in [9.17, 15) is 28.8 Å². The predicted octanol–water partition coefficient (Wildman–Crippen LogP) is 3.19. The maximum Gasteiger partial charge on any atom is 0.333 e. The summed E-state index contributed by atoms with van der Waals surface area (Å²) in [6.07, 6.45) is -1.12. The summed E-state index contributed by atoms with van der Waals surface area (Å²) in [5.74, 6) is -4.96. The third-order valence-corrected chi connectivity index (χ3v) is 7.74. The molecule has 1 heterocycles. The van der Waals surface area contributed by atoms with E-state index in [2.05, 4.69) is 5.11 Å². The Hall–Kier alpha value is -5.76. The van der Waals surface area contributed by atoms with Crippen LogP contribution in [-0.2, 0) is 47.3 Å². The van der Waals surface area contributed by atoms with E-state index in [0.717, 1.165) is 20.9 Å². The summed E-state index contributed by atoms with van der Waals surface area (Å²) in [5.41, 5.74) is 13.5. The number of hydrogen-bond donors (Lipinski definition) is 3. The van der Waals surface area contributed by atoms with E-state index < -0.39 is 60.3 Å². The van der Waals surface area contributed by atoms with Gasteiger partial charge in [-0.2, -0.15) is 5.11 Å². The van der Waals surface area contributed by atoms with E-state index in [1.165, 1.54) is 4.90 Å². The van der Waals surface area contributed by atoms with Gasteiger partial charge in [-0.15, -0.1) is 0 Å². The minimum Gasteiger partial charge on any atom is -0.481 e. The van der Waals surface area contributed by atoms with Crippen LogP contribution in [0.15, 0.2) is 90.0 Å². The van der Waals surface area contributed by atoms with Gasteiger partial charge in [0.25, 0.3) is 5.91 Å². The summed E-state index contributed by atoms with van der Waals surface area (Å²) in [6, 6.07) is 21.9. The van der Waals surface area contributed by atoms with Crippen molar-refractivity contribution in [3.63, 3.8) is 0 Å². The molecule has 14 nitrogen and oxygen atoms in total. The zero-order valence-electron chi connectivity index (χ0n) is 25.6. The Balaban J connectivity index is 1.56. The molecule has 2 atom stereocenters. The summed E-state index contributed by atoms with van der Waals surface area (Å²) < 4.78 is 4.70. The van der Waals surface area contributed by atoms with Gasteiger partial charge in [0.05, 0.1) is 13.0 Å². The molecule has 1 aliphatic heterocycles. The maximum absolute atomic E-state index is 14.1. The van der Waals surface area contributed by atoms with Crippen LogP contribution in [0.1, 0.15) is 36.5 Å². The van der Waals surface area contributed by atoms with E-state index in [1.807, 2.05) is 30.3 Å². The molecule has 1 aliphatic rings. The van der Waals surface area contributed by atoms with E-state index in [-0.39, 0.29) is 31.7 Å². The van der Waals surface area contributed by atoms with Crippen molar-refractivity contribution in [2.24, 2.45) is 10.8 Å². The third kappa shape index (κ3) is 7.91. The molecule has 4 rings (SSSR count). The number of carboxylic acid groups (broad SMARTS) is 1.